The highest BCUT2D eigenvalue weighted by atomic mass is 32.2. The van der Waals surface area contributed by atoms with Gasteiger partial charge >= 0.3 is 5.97 Å². The molecular weight excluding hydrogens is 352 g/mol. The molecule has 0 aliphatic carbocycles. The number of carboxylic acids is 1. The summed E-state index contributed by atoms with van der Waals surface area (Å²) in [5, 5.41) is 10.9. The van der Waals surface area contributed by atoms with Gasteiger partial charge in [-0.15, -0.1) is 0 Å². The zero-order valence-corrected chi connectivity index (χ0v) is 15.7. The number of benzene rings is 2. The number of sulfonamides is 1. The molecule has 1 saturated heterocycles. The summed E-state index contributed by atoms with van der Waals surface area (Å²) in [7, 11) is -1.77. The van der Waals surface area contributed by atoms with Gasteiger partial charge in [0.05, 0.1) is 11.4 Å². The first-order chi connectivity index (χ1) is 12.4. The van der Waals surface area contributed by atoms with Gasteiger partial charge in [-0.2, -0.15) is 4.31 Å². The van der Waals surface area contributed by atoms with Crippen LogP contribution in [0.2, 0.25) is 0 Å². The van der Waals surface area contributed by atoms with Gasteiger partial charge < -0.3 is 5.11 Å². The van der Waals surface area contributed by atoms with Crippen LogP contribution in [-0.4, -0.2) is 61.4 Å². The third-order valence-corrected chi connectivity index (χ3v) is 6.92. The molecule has 1 unspecified atom stereocenters. The van der Waals surface area contributed by atoms with E-state index in [0.29, 0.717) is 24.4 Å². The fourth-order valence-corrected chi connectivity index (χ4v) is 5.08. The molecule has 2 aromatic carbocycles. The van der Waals surface area contributed by atoms with Crippen LogP contribution in [0.1, 0.15) is 19.3 Å². The van der Waals surface area contributed by atoms with Crippen LogP contribution in [-0.2, 0) is 14.8 Å². The minimum atomic E-state index is -3.55. The Kier molecular flexibility index (Phi) is 5.60. The summed E-state index contributed by atoms with van der Waals surface area (Å²) in [6.45, 7) is 0.846. The first-order valence-electron chi connectivity index (χ1n) is 8.79. The molecule has 7 heteroatoms. The SMILES string of the molecule is CN(CC(=O)O)C1CCCN(S(=O)(=O)c2ccc3ccccc3c2)CC1. The minimum Gasteiger partial charge on any atom is -0.480 e. The number of rotatable bonds is 5. The standard InChI is InChI=1S/C19H24N2O4S/c1-20(14-19(22)23)17-7-4-11-21(12-10-17)26(24,25)18-9-8-15-5-2-3-6-16(15)13-18/h2-3,5-6,8-9,13,17H,4,7,10-12,14H2,1H3,(H,22,23). The Morgan fingerprint density at radius 2 is 1.88 bits per heavy atom. The predicted octanol–water partition coefficient (Wildman–Crippen LogP) is 2.40. The minimum absolute atomic E-state index is 0.0257. The number of nitrogens with zero attached hydrogens (tertiary/aromatic N) is 2. The average molecular weight is 376 g/mol. The lowest BCUT2D eigenvalue weighted by Gasteiger charge is -2.25. The second-order valence-electron chi connectivity index (χ2n) is 6.81. The molecule has 6 nitrogen and oxygen atoms in total. The highest BCUT2D eigenvalue weighted by Gasteiger charge is 2.29. The second-order valence-corrected chi connectivity index (χ2v) is 8.74. The Labute approximate surface area is 154 Å². The van der Waals surface area contributed by atoms with E-state index < -0.39 is 16.0 Å². The van der Waals surface area contributed by atoms with E-state index in [0.717, 1.165) is 23.6 Å². The summed E-state index contributed by atoms with van der Waals surface area (Å²) < 4.78 is 27.6. The molecule has 1 aliphatic heterocycles. The van der Waals surface area contributed by atoms with Crippen LogP contribution in [0.5, 0.6) is 0 Å². The Balaban J connectivity index is 1.77. The van der Waals surface area contributed by atoms with Gasteiger partial charge in [0, 0.05) is 19.1 Å². The van der Waals surface area contributed by atoms with Crippen LogP contribution < -0.4 is 0 Å². The molecule has 1 fully saturated rings. The smallest absolute Gasteiger partial charge is 0.317 e. The van der Waals surface area contributed by atoms with E-state index in [9.17, 15) is 13.2 Å². The lowest BCUT2D eigenvalue weighted by Crippen LogP contribution is -2.37. The fraction of sp³-hybridized carbons (Fsp3) is 0.421. The molecule has 1 atom stereocenters. The van der Waals surface area contributed by atoms with Crippen molar-refractivity contribution in [3.63, 3.8) is 0 Å². The van der Waals surface area contributed by atoms with Crippen LogP contribution in [0.15, 0.2) is 47.4 Å². The number of hydrogen-bond donors (Lipinski definition) is 1. The highest BCUT2D eigenvalue weighted by molar-refractivity contribution is 7.89. The molecule has 1 aliphatic rings. The van der Waals surface area contributed by atoms with E-state index >= 15 is 0 Å². The van der Waals surface area contributed by atoms with Crippen molar-refractivity contribution in [2.75, 3.05) is 26.7 Å². The third-order valence-electron chi connectivity index (χ3n) is 5.02. The molecule has 0 bridgehead atoms. The topological polar surface area (TPSA) is 77.9 Å². The molecule has 0 radical (unpaired) electrons. The van der Waals surface area contributed by atoms with Gasteiger partial charge in [0.1, 0.15) is 0 Å². The molecule has 1 N–H and O–H groups in total. The number of aliphatic carboxylic acids is 1. The summed E-state index contributed by atoms with van der Waals surface area (Å²) >= 11 is 0. The summed E-state index contributed by atoms with van der Waals surface area (Å²) in [5.74, 6) is -0.864. The lowest BCUT2D eigenvalue weighted by molar-refractivity contribution is -0.138. The van der Waals surface area contributed by atoms with Gasteiger partial charge in [-0.25, -0.2) is 8.42 Å². The van der Waals surface area contributed by atoms with E-state index in [1.807, 2.05) is 30.3 Å². The molecule has 0 saturated carbocycles. The van der Waals surface area contributed by atoms with E-state index in [2.05, 4.69) is 0 Å². The van der Waals surface area contributed by atoms with Gasteiger partial charge in [-0.05, 0) is 49.2 Å². The Morgan fingerprint density at radius 1 is 1.15 bits per heavy atom. The number of likely N-dealkylation sites (N-methyl/N-ethyl adjacent to an activating group) is 1. The number of hydrogen-bond acceptors (Lipinski definition) is 4. The van der Waals surface area contributed by atoms with Crippen molar-refractivity contribution < 1.29 is 18.3 Å². The lowest BCUT2D eigenvalue weighted by atomic mass is 10.1. The van der Waals surface area contributed by atoms with Crippen LogP contribution in [0, 0.1) is 0 Å². The van der Waals surface area contributed by atoms with Crippen molar-refractivity contribution in [1.29, 1.82) is 0 Å². The van der Waals surface area contributed by atoms with Crippen molar-refractivity contribution >= 4 is 26.8 Å². The van der Waals surface area contributed by atoms with Crippen molar-refractivity contribution in [2.45, 2.75) is 30.2 Å². The second kappa shape index (κ2) is 7.73. The number of carboxylic acid groups (broad SMARTS) is 1. The van der Waals surface area contributed by atoms with Crippen LogP contribution in [0.4, 0.5) is 0 Å². The first kappa shape index (κ1) is 18.8. The maximum Gasteiger partial charge on any atom is 0.317 e. The first-order valence-corrected chi connectivity index (χ1v) is 10.2. The molecule has 3 rings (SSSR count). The molecule has 0 spiro atoms. The predicted molar refractivity (Wildman–Crippen MR) is 101 cm³/mol. The van der Waals surface area contributed by atoms with Gasteiger partial charge in [0.15, 0.2) is 0 Å². The quantitative estimate of drug-likeness (QED) is 0.867. The maximum atomic E-state index is 13.1. The largest absolute Gasteiger partial charge is 0.480 e. The van der Waals surface area contributed by atoms with Gasteiger partial charge in [-0.1, -0.05) is 30.3 Å². The Morgan fingerprint density at radius 3 is 2.62 bits per heavy atom. The molecule has 26 heavy (non-hydrogen) atoms. The third kappa shape index (κ3) is 4.06. The summed E-state index contributed by atoms with van der Waals surface area (Å²) in [6, 6.07) is 13.0. The molecule has 0 amide bonds. The normalized spacial score (nSPS) is 19.5. The maximum absolute atomic E-state index is 13.1. The van der Waals surface area contributed by atoms with Crippen LogP contribution in [0.25, 0.3) is 10.8 Å². The van der Waals surface area contributed by atoms with Crippen molar-refractivity contribution in [3.8, 4) is 0 Å². The van der Waals surface area contributed by atoms with Crippen molar-refractivity contribution in [3.05, 3.63) is 42.5 Å². The van der Waals surface area contributed by atoms with E-state index in [4.69, 9.17) is 5.11 Å². The number of carbonyl (C=O) groups is 1. The van der Waals surface area contributed by atoms with Gasteiger partial charge in [0.2, 0.25) is 10.0 Å². The van der Waals surface area contributed by atoms with E-state index in [1.54, 1.807) is 24.1 Å². The van der Waals surface area contributed by atoms with E-state index in [-0.39, 0.29) is 12.6 Å². The fourth-order valence-electron chi connectivity index (χ4n) is 3.55. The van der Waals surface area contributed by atoms with Gasteiger partial charge in [0.25, 0.3) is 0 Å². The Bertz CT molecular complexity index is 897. The summed E-state index contributed by atoms with van der Waals surface area (Å²) in [6.07, 6.45) is 2.16. The summed E-state index contributed by atoms with van der Waals surface area (Å²) in [4.78, 5) is 13.0. The Hall–Kier alpha value is -1.96. The van der Waals surface area contributed by atoms with Crippen molar-refractivity contribution in [2.24, 2.45) is 0 Å². The summed E-state index contributed by atoms with van der Waals surface area (Å²) in [5.41, 5.74) is 0. The van der Waals surface area contributed by atoms with Crippen LogP contribution in [0.3, 0.4) is 0 Å². The molecule has 0 aromatic heterocycles. The van der Waals surface area contributed by atoms with Gasteiger partial charge in [-0.3, -0.25) is 9.69 Å². The van der Waals surface area contributed by atoms with Crippen LogP contribution >= 0.6 is 0 Å². The molecule has 1 heterocycles. The molecular formula is C19H24N2O4S. The number of fused-ring (bicyclic) bond motifs is 1. The average Bonchev–Trinajstić information content (AvgIpc) is 2.87. The zero-order chi connectivity index (χ0) is 18.7. The molecule has 140 valence electrons. The zero-order valence-electron chi connectivity index (χ0n) is 14.8. The highest BCUT2D eigenvalue weighted by Crippen LogP contribution is 2.25. The van der Waals surface area contributed by atoms with Crippen molar-refractivity contribution in [1.82, 2.24) is 9.21 Å². The monoisotopic (exact) mass is 376 g/mol. The van der Waals surface area contributed by atoms with E-state index in [1.165, 1.54) is 4.31 Å². The molecule has 2 aromatic rings.